The van der Waals surface area contributed by atoms with Crippen molar-refractivity contribution in [2.75, 3.05) is 0 Å². The highest BCUT2D eigenvalue weighted by molar-refractivity contribution is 5.87. The monoisotopic (exact) mass is 362 g/mol. The van der Waals surface area contributed by atoms with Gasteiger partial charge < -0.3 is 10.6 Å². The van der Waals surface area contributed by atoms with Crippen LogP contribution in [0.2, 0.25) is 0 Å². The first-order valence-corrected chi connectivity index (χ1v) is 8.45. The van der Waals surface area contributed by atoms with E-state index in [0.717, 1.165) is 30.8 Å². The van der Waals surface area contributed by atoms with Crippen LogP contribution < -0.4 is 10.6 Å². The van der Waals surface area contributed by atoms with Gasteiger partial charge in [0.05, 0.1) is 11.0 Å². The Morgan fingerprint density at radius 3 is 2.46 bits per heavy atom. The van der Waals surface area contributed by atoms with Crippen LogP contribution in [0.15, 0.2) is 42.5 Å². The van der Waals surface area contributed by atoms with E-state index in [-0.39, 0.29) is 5.91 Å². The van der Waals surface area contributed by atoms with E-state index < -0.39 is 17.2 Å². The molecular weight excluding hydrogens is 341 g/mol. The molecule has 0 fully saturated rings. The molecule has 0 unspecified atom stereocenters. The number of amides is 1. The molecule has 138 valence electrons. The summed E-state index contributed by atoms with van der Waals surface area (Å²) >= 11 is 0. The normalized spacial score (nSPS) is 14.2. The molecule has 0 spiro atoms. The van der Waals surface area contributed by atoms with Crippen LogP contribution in [0, 0.1) is 0 Å². The molecule has 3 rings (SSSR count). The number of rotatable bonds is 4. The Morgan fingerprint density at radius 2 is 1.73 bits per heavy atom. The fraction of sp³-hybridized carbons (Fsp3) is 0.350. The summed E-state index contributed by atoms with van der Waals surface area (Å²) in [5.74, 6) is -0.310. The first-order chi connectivity index (χ1) is 12.2. The third kappa shape index (κ3) is 3.75. The van der Waals surface area contributed by atoms with Gasteiger partial charge in [0, 0.05) is 19.6 Å². The molecule has 1 heterocycles. The van der Waals surface area contributed by atoms with Crippen LogP contribution in [0.1, 0.15) is 41.7 Å². The van der Waals surface area contributed by atoms with Gasteiger partial charge in [-0.1, -0.05) is 36.4 Å². The average molecular weight is 362 g/mol. The molecule has 0 aromatic heterocycles. The number of fused-ring (bicyclic) bond motifs is 1. The molecule has 0 bridgehead atoms. The summed E-state index contributed by atoms with van der Waals surface area (Å²) in [5, 5.41) is 6.11. The quantitative estimate of drug-likeness (QED) is 0.866. The maximum absolute atomic E-state index is 12.9. The lowest BCUT2D eigenvalue weighted by atomic mass is 9.83. The average Bonchev–Trinajstić information content (AvgIpc) is 3.06. The second-order valence-electron chi connectivity index (χ2n) is 7.09. The van der Waals surface area contributed by atoms with Crippen LogP contribution >= 0.6 is 0 Å². The Kier molecular flexibility index (Phi) is 4.80. The Bertz CT molecular complexity index is 828. The zero-order valence-electron chi connectivity index (χ0n) is 14.7. The van der Waals surface area contributed by atoms with Gasteiger partial charge in [-0.25, -0.2) is 0 Å². The van der Waals surface area contributed by atoms with Crippen LogP contribution in [-0.2, 0) is 36.0 Å². The molecule has 0 saturated carbocycles. The number of alkyl halides is 3. The molecule has 0 radical (unpaired) electrons. The fourth-order valence-electron chi connectivity index (χ4n) is 3.08. The zero-order valence-corrected chi connectivity index (χ0v) is 14.7. The van der Waals surface area contributed by atoms with Gasteiger partial charge >= 0.3 is 6.18 Å². The first kappa shape index (κ1) is 18.5. The lowest BCUT2D eigenvalue weighted by molar-refractivity contribution is -0.138. The van der Waals surface area contributed by atoms with E-state index in [0.29, 0.717) is 12.1 Å². The summed E-state index contributed by atoms with van der Waals surface area (Å²) in [5.41, 5.74) is 1.96. The van der Waals surface area contributed by atoms with Crippen molar-refractivity contribution < 1.29 is 18.0 Å². The summed E-state index contributed by atoms with van der Waals surface area (Å²) in [4.78, 5) is 12.6. The minimum Gasteiger partial charge on any atom is -0.351 e. The van der Waals surface area contributed by atoms with Gasteiger partial charge in [-0.3, -0.25) is 4.79 Å². The Balaban J connectivity index is 1.72. The highest BCUT2D eigenvalue weighted by Crippen LogP contribution is 2.33. The predicted molar refractivity (Wildman–Crippen MR) is 93.3 cm³/mol. The molecule has 1 amide bonds. The predicted octanol–water partition coefficient (Wildman–Crippen LogP) is 3.90. The van der Waals surface area contributed by atoms with Crippen molar-refractivity contribution in [1.82, 2.24) is 10.6 Å². The van der Waals surface area contributed by atoms with E-state index in [2.05, 4.69) is 10.6 Å². The molecule has 6 heteroatoms. The van der Waals surface area contributed by atoms with Crippen LogP contribution in [0.3, 0.4) is 0 Å². The smallest absolute Gasteiger partial charge is 0.351 e. The van der Waals surface area contributed by atoms with Crippen molar-refractivity contribution in [3.8, 4) is 0 Å². The summed E-state index contributed by atoms with van der Waals surface area (Å²) in [6.45, 7) is 5.26. The standard InChI is InChI=1S/C20H21F3N2O/c1-19(2,16-4-3-5-17(9-16)20(21,22)23)18(26)25-10-13-6-7-14-11-24-12-15(14)8-13/h3-9,24H,10-12H2,1-2H3,(H,25,26). The van der Waals surface area contributed by atoms with E-state index >= 15 is 0 Å². The van der Waals surface area contributed by atoms with Crippen molar-refractivity contribution in [2.24, 2.45) is 0 Å². The number of hydrogen-bond acceptors (Lipinski definition) is 2. The third-order valence-corrected chi connectivity index (χ3v) is 4.83. The summed E-state index contributed by atoms with van der Waals surface area (Å²) < 4.78 is 38.8. The molecule has 26 heavy (non-hydrogen) atoms. The Labute approximate surface area is 150 Å². The Hall–Kier alpha value is -2.34. The molecular formula is C20H21F3N2O. The molecule has 0 atom stereocenters. The molecule has 1 aliphatic rings. The van der Waals surface area contributed by atoms with Gasteiger partial charge in [0.1, 0.15) is 0 Å². The molecule has 0 aliphatic carbocycles. The van der Waals surface area contributed by atoms with Gasteiger partial charge in [-0.05, 0) is 42.2 Å². The molecule has 2 N–H and O–H groups in total. The third-order valence-electron chi connectivity index (χ3n) is 4.83. The van der Waals surface area contributed by atoms with Gasteiger partial charge in [-0.2, -0.15) is 13.2 Å². The van der Waals surface area contributed by atoms with E-state index in [9.17, 15) is 18.0 Å². The number of benzene rings is 2. The summed E-state index contributed by atoms with van der Waals surface area (Å²) in [6.07, 6.45) is -4.43. The van der Waals surface area contributed by atoms with E-state index in [1.807, 2.05) is 18.2 Å². The van der Waals surface area contributed by atoms with E-state index in [1.165, 1.54) is 17.2 Å². The van der Waals surface area contributed by atoms with Crippen molar-refractivity contribution in [1.29, 1.82) is 0 Å². The number of carbonyl (C=O) groups is 1. The summed E-state index contributed by atoms with van der Waals surface area (Å²) in [6, 6.07) is 11.0. The molecule has 3 nitrogen and oxygen atoms in total. The second kappa shape index (κ2) is 6.76. The van der Waals surface area contributed by atoms with Gasteiger partial charge in [0.25, 0.3) is 0 Å². The highest BCUT2D eigenvalue weighted by atomic mass is 19.4. The minimum atomic E-state index is -4.43. The lowest BCUT2D eigenvalue weighted by Crippen LogP contribution is -2.39. The number of halogens is 3. The van der Waals surface area contributed by atoms with Gasteiger partial charge in [-0.15, -0.1) is 0 Å². The van der Waals surface area contributed by atoms with E-state index in [4.69, 9.17) is 0 Å². The molecule has 2 aromatic rings. The van der Waals surface area contributed by atoms with E-state index in [1.54, 1.807) is 19.9 Å². The van der Waals surface area contributed by atoms with Crippen molar-refractivity contribution >= 4 is 5.91 Å². The maximum Gasteiger partial charge on any atom is 0.416 e. The van der Waals surface area contributed by atoms with Gasteiger partial charge in [0.2, 0.25) is 5.91 Å². The zero-order chi connectivity index (χ0) is 18.9. The van der Waals surface area contributed by atoms with Crippen molar-refractivity contribution in [3.05, 3.63) is 70.3 Å². The molecule has 2 aromatic carbocycles. The topological polar surface area (TPSA) is 41.1 Å². The minimum absolute atomic E-state index is 0.310. The first-order valence-electron chi connectivity index (χ1n) is 8.45. The van der Waals surface area contributed by atoms with Crippen molar-refractivity contribution in [2.45, 2.75) is 45.1 Å². The Morgan fingerprint density at radius 1 is 1.04 bits per heavy atom. The number of nitrogens with one attached hydrogen (secondary N) is 2. The maximum atomic E-state index is 12.9. The molecule has 0 saturated heterocycles. The summed E-state index contributed by atoms with van der Waals surface area (Å²) in [7, 11) is 0. The number of carbonyl (C=O) groups excluding carboxylic acids is 1. The molecule has 1 aliphatic heterocycles. The largest absolute Gasteiger partial charge is 0.416 e. The van der Waals surface area contributed by atoms with Crippen LogP contribution in [-0.4, -0.2) is 5.91 Å². The number of hydrogen-bond donors (Lipinski definition) is 2. The fourth-order valence-corrected chi connectivity index (χ4v) is 3.08. The van der Waals surface area contributed by atoms with Gasteiger partial charge in [0.15, 0.2) is 0 Å². The SMILES string of the molecule is CC(C)(C(=O)NCc1ccc2c(c1)CNC2)c1cccc(C(F)(F)F)c1. The van der Waals surface area contributed by atoms with Crippen LogP contribution in [0.4, 0.5) is 13.2 Å². The van der Waals surface area contributed by atoms with Crippen LogP contribution in [0.25, 0.3) is 0 Å². The highest BCUT2D eigenvalue weighted by Gasteiger charge is 2.34. The second-order valence-corrected chi connectivity index (χ2v) is 7.09. The van der Waals surface area contributed by atoms with Crippen molar-refractivity contribution in [3.63, 3.8) is 0 Å². The van der Waals surface area contributed by atoms with Crippen LogP contribution in [0.5, 0.6) is 0 Å². The lowest BCUT2D eigenvalue weighted by Gasteiger charge is -2.25.